The maximum Gasteiger partial charge on any atom is 0.361 e. The van der Waals surface area contributed by atoms with E-state index in [1.807, 2.05) is 55.5 Å². The van der Waals surface area contributed by atoms with Gasteiger partial charge < -0.3 is 9.05 Å². The van der Waals surface area contributed by atoms with Gasteiger partial charge in [0.2, 0.25) is 0 Å². The predicted molar refractivity (Wildman–Crippen MR) is 76.5 cm³/mol. The van der Waals surface area contributed by atoms with Gasteiger partial charge in [0, 0.05) is 0 Å². The van der Waals surface area contributed by atoms with Gasteiger partial charge in [0.05, 0.1) is 18.5 Å². The molecule has 0 aliphatic heterocycles. The van der Waals surface area contributed by atoms with E-state index in [1.54, 1.807) is 12.1 Å². The molecule has 0 spiro atoms. The molecule has 0 aliphatic rings. The van der Waals surface area contributed by atoms with Crippen molar-refractivity contribution in [2.24, 2.45) is 0 Å². The van der Waals surface area contributed by atoms with E-state index < -0.39 is 7.60 Å². The largest absolute Gasteiger partial charge is 0.361 e. The Morgan fingerprint density at radius 2 is 1.47 bits per heavy atom. The molecule has 0 aromatic heterocycles. The van der Waals surface area contributed by atoms with Crippen molar-refractivity contribution in [3.63, 3.8) is 0 Å². The van der Waals surface area contributed by atoms with Gasteiger partial charge in [-0.25, -0.2) is 0 Å². The minimum atomic E-state index is -3.24. The molecule has 0 radical (unpaired) electrons. The van der Waals surface area contributed by atoms with E-state index in [0.29, 0.717) is 11.9 Å². The van der Waals surface area contributed by atoms with Crippen LogP contribution in [-0.4, -0.2) is 6.61 Å². The van der Waals surface area contributed by atoms with Crippen LogP contribution in [0.4, 0.5) is 0 Å². The molecule has 0 heterocycles. The summed E-state index contributed by atoms with van der Waals surface area (Å²) in [5.74, 6) is 0. The van der Waals surface area contributed by atoms with Crippen LogP contribution in [0.3, 0.4) is 0 Å². The van der Waals surface area contributed by atoms with E-state index in [0.717, 1.165) is 5.56 Å². The highest BCUT2D eigenvalue weighted by molar-refractivity contribution is 7.62. The Morgan fingerprint density at radius 1 is 0.895 bits per heavy atom. The van der Waals surface area contributed by atoms with Gasteiger partial charge in [-0.2, -0.15) is 0 Å². The van der Waals surface area contributed by atoms with Gasteiger partial charge in [0.15, 0.2) is 0 Å². The minimum Gasteiger partial charge on any atom is -0.305 e. The van der Waals surface area contributed by atoms with Crippen LogP contribution in [0, 0.1) is 0 Å². The van der Waals surface area contributed by atoms with Crippen molar-refractivity contribution >= 4 is 12.9 Å². The fourth-order valence-corrected chi connectivity index (χ4v) is 3.27. The lowest BCUT2D eigenvalue weighted by atomic mass is 10.2. The molecule has 3 nitrogen and oxygen atoms in total. The molecule has 0 N–H and O–H groups in total. The molecule has 1 atom stereocenters. The second-order valence-corrected chi connectivity index (χ2v) is 6.04. The van der Waals surface area contributed by atoms with Crippen LogP contribution < -0.4 is 5.30 Å². The molecular formula is C15H17O3P. The van der Waals surface area contributed by atoms with Crippen molar-refractivity contribution in [1.82, 2.24) is 0 Å². The first-order chi connectivity index (χ1) is 9.24. The standard InChI is InChI=1S/C15H17O3P/c1-2-17-19(16,15-11-7-4-8-12-15)18-13-14-9-5-3-6-10-14/h3-12H,2,13H2,1H3. The second kappa shape index (κ2) is 6.67. The SMILES string of the molecule is CCOP(=O)(OCc1ccccc1)c1ccccc1. The monoisotopic (exact) mass is 276 g/mol. The molecule has 4 heteroatoms. The molecule has 0 saturated heterocycles. The molecule has 0 bridgehead atoms. The summed E-state index contributed by atoms with van der Waals surface area (Å²) in [4.78, 5) is 0. The van der Waals surface area contributed by atoms with Crippen molar-refractivity contribution in [2.75, 3.05) is 6.61 Å². The Bertz CT molecular complexity index is 540. The first-order valence-corrected chi connectivity index (χ1v) is 7.77. The molecule has 0 amide bonds. The van der Waals surface area contributed by atoms with Crippen LogP contribution in [0.15, 0.2) is 60.7 Å². The van der Waals surface area contributed by atoms with Crippen LogP contribution in [0.1, 0.15) is 12.5 Å². The lowest BCUT2D eigenvalue weighted by Gasteiger charge is -2.18. The fourth-order valence-electron chi connectivity index (χ4n) is 1.70. The number of rotatable bonds is 6. The summed E-state index contributed by atoms with van der Waals surface area (Å²) < 4.78 is 23.7. The fraction of sp³-hybridized carbons (Fsp3) is 0.200. The molecule has 0 fully saturated rings. The molecule has 2 aromatic rings. The molecule has 1 unspecified atom stereocenters. The van der Waals surface area contributed by atoms with Crippen LogP contribution in [0.2, 0.25) is 0 Å². The Morgan fingerprint density at radius 3 is 2.05 bits per heavy atom. The smallest absolute Gasteiger partial charge is 0.305 e. The Labute approximate surface area is 113 Å². The lowest BCUT2D eigenvalue weighted by molar-refractivity contribution is 0.214. The summed E-state index contributed by atoms with van der Waals surface area (Å²) >= 11 is 0. The average Bonchev–Trinajstić information content (AvgIpc) is 2.48. The van der Waals surface area contributed by atoms with Crippen LogP contribution in [0.5, 0.6) is 0 Å². The average molecular weight is 276 g/mol. The highest BCUT2D eigenvalue weighted by Gasteiger charge is 2.26. The van der Waals surface area contributed by atoms with Crippen molar-refractivity contribution in [3.8, 4) is 0 Å². The molecule has 0 aliphatic carbocycles. The van der Waals surface area contributed by atoms with E-state index in [1.165, 1.54) is 0 Å². The van der Waals surface area contributed by atoms with Gasteiger partial charge in [-0.1, -0.05) is 48.5 Å². The Balaban J connectivity index is 2.14. The third-order valence-electron chi connectivity index (χ3n) is 2.62. The summed E-state index contributed by atoms with van der Waals surface area (Å²) in [6.45, 7) is 2.43. The molecule has 19 heavy (non-hydrogen) atoms. The zero-order valence-electron chi connectivity index (χ0n) is 10.9. The van der Waals surface area contributed by atoms with Gasteiger partial charge in [-0.05, 0) is 24.6 Å². The summed E-state index contributed by atoms with van der Waals surface area (Å²) in [6.07, 6.45) is 0. The molecule has 2 aromatic carbocycles. The van der Waals surface area contributed by atoms with Crippen molar-refractivity contribution in [1.29, 1.82) is 0 Å². The molecule has 0 saturated carbocycles. The number of benzene rings is 2. The minimum absolute atomic E-state index is 0.271. The summed E-state index contributed by atoms with van der Waals surface area (Å²) in [7, 11) is -3.24. The van der Waals surface area contributed by atoms with Gasteiger partial charge >= 0.3 is 7.60 Å². The van der Waals surface area contributed by atoms with E-state index in [-0.39, 0.29) is 6.61 Å². The van der Waals surface area contributed by atoms with E-state index in [2.05, 4.69) is 0 Å². The third kappa shape index (κ3) is 3.77. The highest BCUT2D eigenvalue weighted by Crippen LogP contribution is 2.47. The van der Waals surface area contributed by atoms with E-state index in [9.17, 15) is 4.57 Å². The second-order valence-electron chi connectivity index (χ2n) is 4.01. The van der Waals surface area contributed by atoms with Crippen molar-refractivity contribution < 1.29 is 13.6 Å². The maximum absolute atomic E-state index is 12.7. The van der Waals surface area contributed by atoms with Gasteiger partial charge in [-0.3, -0.25) is 4.57 Å². The maximum atomic E-state index is 12.7. The van der Waals surface area contributed by atoms with E-state index in [4.69, 9.17) is 9.05 Å². The van der Waals surface area contributed by atoms with Crippen LogP contribution >= 0.6 is 7.60 Å². The molecular weight excluding hydrogens is 259 g/mol. The van der Waals surface area contributed by atoms with Crippen LogP contribution in [-0.2, 0) is 20.2 Å². The zero-order chi connectivity index (χ0) is 13.6. The highest BCUT2D eigenvalue weighted by atomic mass is 31.2. The topological polar surface area (TPSA) is 35.5 Å². The normalized spacial score (nSPS) is 13.9. The van der Waals surface area contributed by atoms with Gasteiger partial charge in [0.1, 0.15) is 0 Å². The lowest BCUT2D eigenvalue weighted by Crippen LogP contribution is -2.10. The predicted octanol–water partition coefficient (Wildman–Crippen LogP) is 3.76. The first kappa shape index (κ1) is 14.0. The van der Waals surface area contributed by atoms with Crippen molar-refractivity contribution in [3.05, 3.63) is 66.2 Å². The Kier molecular flexibility index (Phi) is 4.92. The number of hydrogen-bond donors (Lipinski definition) is 0. The summed E-state index contributed by atoms with van der Waals surface area (Å²) in [6, 6.07) is 18.7. The van der Waals surface area contributed by atoms with Gasteiger partial charge in [0.25, 0.3) is 0 Å². The molecule has 2 rings (SSSR count). The van der Waals surface area contributed by atoms with Gasteiger partial charge in [-0.15, -0.1) is 0 Å². The third-order valence-corrected chi connectivity index (χ3v) is 4.61. The summed E-state index contributed by atoms with van der Waals surface area (Å²) in [5, 5.41) is 0.591. The molecule has 100 valence electrons. The quantitative estimate of drug-likeness (QED) is 0.754. The number of hydrogen-bond acceptors (Lipinski definition) is 3. The first-order valence-electron chi connectivity index (χ1n) is 6.23. The van der Waals surface area contributed by atoms with Crippen molar-refractivity contribution in [2.45, 2.75) is 13.5 Å². The Hall–Kier alpha value is -1.41. The summed E-state index contributed by atoms with van der Waals surface area (Å²) in [5.41, 5.74) is 0.971. The van der Waals surface area contributed by atoms with E-state index >= 15 is 0 Å². The zero-order valence-corrected chi connectivity index (χ0v) is 11.8. The van der Waals surface area contributed by atoms with Crippen LogP contribution in [0.25, 0.3) is 0 Å².